The lowest BCUT2D eigenvalue weighted by molar-refractivity contribution is -0.127. The molecule has 10 heteroatoms. The van der Waals surface area contributed by atoms with Gasteiger partial charge in [-0.3, -0.25) is 15.0 Å². The van der Waals surface area contributed by atoms with E-state index in [-0.39, 0.29) is 5.91 Å². The molecule has 0 aromatic heterocycles. The van der Waals surface area contributed by atoms with Crippen molar-refractivity contribution in [1.82, 2.24) is 24.9 Å². The molecule has 0 aliphatic carbocycles. The number of hydrogen-bond donors (Lipinski definition) is 1. The molecule has 3 aliphatic heterocycles. The van der Waals surface area contributed by atoms with Gasteiger partial charge in [0.05, 0.1) is 0 Å². The van der Waals surface area contributed by atoms with Crippen LogP contribution in [0.2, 0.25) is 10.0 Å². The van der Waals surface area contributed by atoms with Gasteiger partial charge in [-0.1, -0.05) is 47.5 Å². The van der Waals surface area contributed by atoms with Crippen LogP contribution in [0.25, 0.3) is 0 Å². The van der Waals surface area contributed by atoms with Gasteiger partial charge >= 0.3 is 6.03 Å². The third-order valence-electron chi connectivity index (χ3n) is 6.58. The number of hydrogen-bond acceptors (Lipinski definition) is 6. The number of guanidine groups is 1. The molecule has 3 amide bonds. The Labute approximate surface area is 208 Å². The monoisotopic (exact) mass is 500 g/mol. The fourth-order valence-corrected chi connectivity index (χ4v) is 4.94. The summed E-state index contributed by atoms with van der Waals surface area (Å²) in [5, 5.41) is 3.86. The number of aliphatic imine (C=N–C) groups is 1. The Balaban J connectivity index is 1.33. The van der Waals surface area contributed by atoms with Crippen LogP contribution in [0.1, 0.15) is 11.1 Å². The fourth-order valence-electron chi connectivity index (χ4n) is 4.68. The van der Waals surface area contributed by atoms with Gasteiger partial charge in [-0.25, -0.2) is 9.79 Å². The number of halogens is 2. The first-order chi connectivity index (χ1) is 16.4. The second-order valence-electron chi connectivity index (χ2n) is 8.84. The zero-order chi connectivity index (χ0) is 23.8. The van der Waals surface area contributed by atoms with Crippen molar-refractivity contribution < 1.29 is 9.59 Å². The fraction of sp³-hybridized carbons (Fsp3) is 0.375. The Bertz CT molecular complexity index is 1100. The molecule has 5 rings (SSSR count). The summed E-state index contributed by atoms with van der Waals surface area (Å²) in [5.74, 6) is 0.440. The van der Waals surface area contributed by atoms with Crippen molar-refractivity contribution in [3.05, 3.63) is 69.7 Å². The summed E-state index contributed by atoms with van der Waals surface area (Å²) in [4.78, 5) is 38.1. The maximum Gasteiger partial charge on any atom is 0.325 e. The van der Waals surface area contributed by atoms with E-state index in [1.165, 1.54) is 10.5 Å². The van der Waals surface area contributed by atoms with Crippen LogP contribution in [-0.2, 0) is 17.9 Å². The number of fused-ring (bicyclic) bond motifs is 1. The third-order valence-corrected chi connectivity index (χ3v) is 7.08. The number of carbonyl (C=O) groups excluding carboxylic acids is 2. The highest BCUT2D eigenvalue weighted by atomic mass is 35.5. The number of amides is 3. The number of nitrogens with one attached hydrogen (secondary N) is 1. The number of piperazine rings is 1. The summed E-state index contributed by atoms with van der Waals surface area (Å²) in [6, 6.07) is 14.5. The smallest absolute Gasteiger partial charge is 0.325 e. The van der Waals surface area contributed by atoms with E-state index in [0.717, 1.165) is 49.3 Å². The van der Waals surface area contributed by atoms with Gasteiger partial charge in [0.15, 0.2) is 18.2 Å². The molecule has 8 nitrogen and oxygen atoms in total. The molecule has 0 saturated carbocycles. The predicted molar refractivity (Wildman–Crippen MR) is 132 cm³/mol. The van der Waals surface area contributed by atoms with Gasteiger partial charge in [0, 0.05) is 56.4 Å². The van der Waals surface area contributed by atoms with Gasteiger partial charge in [-0.05, 0) is 35.4 Å². The summed E-state index contributed by atoms with van der Waals surface area (Å²) < 4.78 is 0. The molecule has 0 spiro atoms. The minimum Gasteiger partial charge on any atom is -0.340 e. The predicted octanol–water partition coefficient (Wildman–Crippen LogP) is 2.86. The van der Waals surface area contributed by atoms with Crippen LogP contribution < -0.4 is 5.32 Å². The molecule has 2 saturated heterocycles. The molecule has 3 aliphatic rings. The summed E-state index contributed by atoms with van der Waals surface area (Å²) in [6.07, 6.45) is -0.546. The lowest BCUT2D eigenvalue weighted by Gasteiger charge is -2.40. The number of likely N-dealkylation sites (N-methyl/N-ethyl adjacent to an activating group) is 1. The second kappa shape index (κ2) is 9.44. The van der Waals surface area contributed by atoms with Crippen molar-refractivity contribution in [2.75, 3.05) is 33.2 Å². The zero-order valence-electron chi connectivity index (χ0n) is 18.8. The lowest BCUT2D eigenvalue weighted by atomic mass is 10.1. The van der Waals surface area contributed by atoms with E-state index < -0.39 is 18.2 Å². The highest BCUT2D eigenvalue weighted by Gasteiger charge is 2.49. The molecule has 3 heterocycles. The van der Waals surface area contributed by atoms with Crippen molar-refractivity contribution in [3.63, 3.8) is 0 Å². The Morgan fingerprint density at radius 2 is 1.44 bits per heavy atom. The molecule has 2 atom stereocenters. The number of urea groups is 1. The Hall–Kier alpha value is -2.81. The minimum atomic E-state index is -0.569. The molecule has 2 fully saturated rings. The van der Waals surface area contributed by atoms with Gasteiger partial charge in [-0.15, -0.1) is 0 Å². The number of carbonyl (C=O) groups is 2. The molecular formula is C24H26Cl2N6O2. The maximum atomic E-state index is 12.9. The summed E-state index contributed by atoms with van der Waals surface area (Å²) in [7, 11) is 1.68. The number of rotatable bonds is 4. The van der Waals surface area contributed by atoms with Gasteiger partial charge in [-0.2, -0.15) is 0 Å². The lowest BCUT2D eigenvalue weighted by Crippen LogP contribution is -2.64. The molecule has 178 valence electrons. The summed E-state index contributed by atoms with van der Waals surface area (Å²) in [5.41, 5.74) is 2.25. The molecular weight excluding hydrogens is 475 g/mol. The van der Waals surface area contributed by atoms with Crippen LogP contribution in [0.15, 0.2) is 53.5 Å². The topological polar surface area (TPSA) is 71.5 Å². The number of imide groups is 1. The van der Waals surface area contributed by atoms with E-state index in [2.05, 4.69) is 27.2 Å². The van der Waals surface area contributed by atoms with Gasteiger partial charge in [0.25, 0.3) is 5.91 Å². The third kappa shape index (κ3) is 4.58. The molecule has 2 unspecified atom stereocenters. The van der Waals surface area contributed by atoms with Crippen LogP contribution in [0.3, 0.4) is 0 Å². The van der Waals surface area contributed by atoms with Crippen LogP contribution in [0.5, 0.6) is 0 Å². The molecule has 0 radical (unpaired) electrons. The van der Waals surface area contributed by atoms with Crippen LogP contribution in [0.4, 0.5) is 4.79 Å². The average Bonchev–Trinajstić information content (AvgIpc) is 3.21. The summed E-state index contributed by atoms with van der Waals surface area (Å²) >= 11 is 12.1. The van der Waals surface area contributed by atoms with Crippen molar-refractivity contribution in [1.29, 1.82) is 0 Å². The van der Waals surface area contributed by atoms with E-state index in [9.17, 15) is 9.59 Å². The standard InChI is InChI=1S/C24H26Cl2N6O2/c1-29-21-20(22(33)28-24(29)34)32(15-17-4-8-19(26)9-5-17)23(27-21)31-12-10-30(11-13-31)14-16-2-6-18(25)7-3-16/h2-9,20-21H,10-15H2,1H3,(H,28,33,34). The van der Waals surface area contributed by atoms with E-state index in [1.54, 1.807) is 7.05 Å². The Morgan fingerprint density at radius 1 is 0.882 bits per heavy atom. The first kappa shape index (κ1) is 23.0. The largest absolute Gasteiger partial charge is 0.340 e. The number of nitrogens with zero attached hydrogens (tertiary/aromatic N) is 5. The zero-order valence-corrected chi connectivity index (χ0v) is 20.3. The van der Waals surface area contributed by atoms with Gasteiger partial charge < -0.3 is 14.7 Å². The SMILES string of the molecule is CN1C(=O)NC(=O)C2C1N=C(N1CCN(Cc3ccc(Cl)cc3)CC1)N2Cc1ccc(Cl)cc1. The first-order valence-electron chi connectivity index (χ1n) is 11.3. The molecule has 2 aromatic carbocycles. The maximum absolute atomic E-state index is 12.9. The van der Waals surface area contributed by atoms with Gasteiger partial charge in [0.1, 0.15) is 0 Å². The normalized spacial score (nSPS) is 23.1. The number of benzene rings is 2. The molecule has 0 bridgehead atoms. The summed E-state index contributed by atoms with van der Waals surface area (Å²) in [6.45, 7) is 4.65. The molecule has 2 aromatic rings. The highest BCUT2D eigenvalue weighted by molar-refractivity contribution is 6.30. The van der Waals surface area contributed by atoms with Crippen LogP contribution >= 0.6 is 23.2 Å². The van der Waals surface area contributed by atoms with Gasteiger partial charge in [0.2, 0.25) is 0 Å². The van der Waals surface area contributed by atoms with Crippen molar-refractivity contribution in [2.45, 2.75) is 25.3 Å². The second-order valence-corrected chi connectivity index (χ2v) is 9.71. The molecule has 34 heavy (non-hydrogen) atoms. The van der Waals surface area contributed by atoms with E-state index in [0.29, 0.717) is 11.6 Å². The Kier molecular flexibility index (Phi) is 6.38. The van der Waals surface area contributed by atoms with E-state index in [1.807, 2.05) is 41.3 Å². The van der Waals surface area contributed by atoms with Crippen LogP contribution in [-0.4, -0.2) is 82.9 Å². The Morgan fingerprint density at radius 3 is 2.03 bits per heavy atom. The van der Waals surface area contributed by atoms with E-state index in [4.69, 9.17) is 28.2 Å². The minimum absolute atomic E-state index is 0.317. The quantitative estimate of drug-likeness (QED) is 0.698. The molecule has 1 N–H and O–H groups in total. The highest BCUT2D eigenvalue weighted by Crippen LogP contribution is 2.28. The van der Waals surface area contributed by atoms with Crippen molar-refractivity contribution in [3.8, 4) is 0 Å². The van der Waals surface area contributed by atoms with Crippen LogP contribution in [0, 0.1) is 0 Å². The van der Waals surface area contributed by atoms with E-state index >= 15 is 0 Å². The first-order valence-corrected chi connectivity index (χ1v) is 12.0. The van der Waals surface area contributed by atoms with Crippen molar-refractivity contribution in [2.24, 2.45) is 4.99 Å². The average molecular weight is 501 g/mol. The van der Waals surface area contributed by atoms with Crippen molar-refractivity contribution >= 4 is 41.1 Å².